The van der Waals surface area contributed by atoms with E-state index in [0.29, 0.717) is 0 Å². The molecule has 0 radical (unpaired) electrons. The highest BCUT2D eigenvalue weighted by Gasteiger charge is 2.27. The fourth-order valence-electron chi connectivity index (χ4n) is 3.10. The van der Waals surface area contributed by atoms with Gasteiger partial charge in [-0.1, -0.05) is 18.2 Å². The average Bonchev–Trinajstić information content (AvgIpc) is 3.32. The van der Waals surface area contributed by atoms with Gasteiger partial charge in [0.1, 0.15) is 5.75 Å². The highest BCUT2D eigenvalue weighted by atomic mass is 16.5. The SMILES string of the molecule is COc1ccc(-n2ccc([C@@H]3OCCN3c3ccccc3)c2)cc1. The fraction of sp³-hybridized carbons (Fsp3) is 0.200. The van der Waals surface area contributed by atoms with Gasteiger partial charge in [-0.15, -0.1) is 0 Å². The van der Waals surface area contributed by atoms with Crippen molar-refractivity contribution in [3.63, 3.8) is 0 Å². The lowest BCUT2D eigenvalue weighted by Crippen LogP contribution is -2.22. The van der Waals surface area contributed by atoms with Crippen LogP contribution >= 0.6 is 0 Å². The van der Waals surface area contributed by atoms with Gasteiger partial charge in [-0.3, -0.25) is 0 Å². The van der Waals surface area contributed by atoms with Gasteiger partial charge in [-0.2, -0.15) is 0 Å². The van der Waals surface area contributed by atoms with Crippen LogP contribution in [0.15, 0.2) is 73.1 Å². The van der Waals surface area contributed by atoms with Crippen LogP contribution in [0.3, 0.4) is 0 Å². The van der Waals surface area contributed by atoms with Gasteiger partial charge in [0.05, 0.1) is 13.7 Å². The van der Waals surface area contributed by atoms with Crippen LogP contribution in [-0.4, -0.2) is 24.8 Å². The highest BCUT2D eigenvalue weighted by Crippen LogP contribution is 2.32. The van der Waals surface area contributed by atoms with Crippen LogP contribution in [0.5, 0.6) is 5.75 Å². The molecule has 122 valence electrons. The third-order valence-corrected chi connectivity index (χ3v) is 4.35. The van der Waals surface area contributed by atoms with E-state index in [-0.39, 0.29) is 6.23 Å². The van der Waals surface area contributed by atoms with Crippen molar-refractivity contribution >= 4 is 5.69 Å². The summed E-state index contributed by atoms with van der Waals surface area (Å²) < 4.78 is 13.3. The zero-order chi connectivity index (χ0) is 16.4. The van der Waals surface area contributed by atoms with Crippen LogP contribution in [0.4, 0.5) is 5.69 Å². The van der Waals surface area contributed by atoms with E-state index in [1.807, 2.05) is 30.3 Å². The molecule has 4 heteroatoms. The van der Waals surface area contributed by atoms with Crippen molar-refractivity contribution in [2.24, 2.45) is 0 Å². The Balaban J connectivity index is 1.59. The molecule has 1 aliphatic heterocycles. The first-order valence-electron chi connectivity index (χ1n) is 8.11. The number of methoxy groups -OCH3 is 1. The molecule has 4 rings (SSSR count). The van der Waals surface area contributed by atoms with E-state index in [1.54, 1.807) is 7.11 Å². The van der Waals surface area contributed by atoms with Crippen LogP contribution in [0.25, 0.3) is 5.69 Å². The van der Waals surface area contributed by atoms with E-state index in [0.717, 1.165) is 30.2 Å². The third-order valence-electron chi connectivity index (χ3n) is 4.35. The lowest BCUT2D eigenvalue weighted by molar-refractivity contribution is 0.114. The monoisotopic (exact) mass is 320 g/mol. The van der Waals surface area contributed by atoms with Gasteiger partial charge in [0, 0.05) is 35.9 Å². The second-order valence-electron chi connectivity index (χ2n) is 5.80. The van der Waals surface area contributed by atoms with Gasteiger partial charge in [-0.25, -0.2) is 0 Å². The maximum absolute atomic E-state index is 5.98. The van der Waals surface area contributed by atoms with E-state index in [4.69, 9.17) is 9.47 Å². The Kier molecular flexibility index (Phi) is 3.97. The molecule has 0 N–H and O–H groups in total. The number of hydrogen-bond acceptors (Lipinski definition) is 3. The summed E-state index contributed by atoms with van der Waals surface area (Å²) in [6.45, 7) is 1.65. The first-order valence-corrected chi connectivity index (χ1v) is 8.11. The quantitative estimate of drug-likeness (QED) is 0.726. The van der Waals surface area contributed by atoms with Gasteiger partial charge in [0.2, 0.25) is 0 Å². The third kappa shape index (κ3) is 2.76. The van der Waals surface area contributed by atoms with Gasteiger partial charge in [-0.05, 0) is 42.5 Å². The number of nitrogens with zero attached hydrogens (tertiary/aromatic N) is 2. The molecule has 2 heterocycles. The Morgan fingerprint density at radius 2 is 1.75 bits per heavy atom. The van der Waals surface area contributed by atoms with Crippen LogP contribution < -0.4 is 9.64 Å². The molecule has 0 aliphatic carbocycles. The average molecular weight is 320 g/mol. The van der Waals surface area contributed by atoms with Gasteiger partial charge >= 0.3 is 0 Å². The van der Waals surface area contributed by atoms with Crippen LogP contribution in [0.2, 0.25) is 0 Å². The minimum atomic E-state index is -0.0353. The Labute approximate surface area is 141 Å². The van der Waals surface area contributed by atoms with Crippen molar-refractivity contribution in [1.29, 1.82) is 0 Å². The summed E-state index contributed by atoms with van der Waals surface area (Å²) in [5.74, 6) is 0.862. The minimum Gasteiger partial charge on any atom is -0.497 e. The molecule has 0 bridgehead atoms. The number of anilines is 1. The van der Waals surface area contributed by atoms with E-state index >= 15 is 0 Å². The normalized spacial score (nSPS) is 17.2. The summed E-state index contributed by atoms with van der Waals surface area (Å²) in [4.78, 5) is 2.30. The maximum atomic E-state index is 5.98. The zero-order valence-electron chi connectivity index (χ0n) is 13.6. The summed E-state index contributed by atoms with van der Waals surface area (Å²) in [6.07, 6.45) is 4.17. The lowest BCUT2D eigenvalue weighted by atomic mass is 10.2. The summed E-state index contributed by atoms with van der Waals surface area (Å²) in [7, 11) is 1.68. The van der Waals surface area contributed by atoms with E-state index < -0.39 is 0 Å². The number of aromatic nitrogens is 1. The van der Waals surface area contributed by atoms with Crippen LogP contribution in [-0.2, 0) is 4.74 Å². The molecular weight excluding hydrogens is 300 g/mol. The van der Waals surface area contributed by atoms with E-state index in [1.165, 1.54) is 5.69 Å². The fourth-order valence-corrected chi connectivity index (χ4v) is 3.10. The summed E-state index contributed by atoms with van der Waals surface area (Å²) in [6, 6.07) is 20.6. The molecule has 3 aromatic rings. The van der Waals surface area contributed by atoms with Crippen molar-refractivity contribution in [2.45, 2.75) is 6.23 Å². The number of hydrogen-bond donors (Lipinski definition) is 0. The van der Waals surface area contributed by atoms with E-state index in [9.17, 15) is 0 Å². The Morgan fingerprint density at radius 1 is 0.958 bits per heavy atom. The maximum Gasteiger partial charge on any atom is 0.158 e. The summed E-state index contributed by atoms with van der Waals surface area (Å²) >= 11 is 0. The lowest BCUT2D eigenvalue weighted by Gasteiger charge is -2.24. The molecule has 2 aromatic carbocycles. The summed E-state index contributed by atoms with van der Waals surface area (Å²) in [5, 5.41) is 0. The number of benzene rings is 2. The number of rotatable bonds is 4. The smallest absolute Gasteiger partial charge is 0.158 e. The first kappa shape index (κ1) is 14.8. The van der Waals surface area contributed by atoms with Gasteiger partial charge in [0.25, 0.3) is 0 Å². The zero-order valence-corrected chi connectivity index (χ0v) is 13.6. The summed E-state index contributed by atoms with van der Waals surface area (Å²) in [5.41, 5.74) is 3.45. The Bertz CT molecular complexity index is 796. The van der Waals surface area contributed by atoms with Gasteiger partial charge < -0.3 is 18.9 Å². The molecule has 1 saturated heterocycles. The Morgan fingerprint density at radius 3 is 2.50 bits per heavy atom. The second-order valence-corrected chi connectivity index (χ2v) is 5.80. The van der Waals surface area contributed by atoms with Crippen molar-refractivity contribution in [3.8, 4) is 11.4 Å². The predicted molar refractivity (Wildman–Crippen MR) is 94.8 cm³/mol. The molecule has 0 saturated carbocycles. The molecule has 1 aliphatic rings. The van der Waals surface area contributed by atoms with Crippen molar-refractivity contribution in [2.75, 3.05) is 25.2 Å². The second kappa shape index (κ2) is 6.42. The highest BCUT2D eigenvalue weighted by molar-refractivity contribution is 5.49. The largest absolute Gasteiger partial charge is 0.497 e. The molecule has 0 spiro atoms. The van der Waals surface area contributed by atoms with Crippen LogP contribution in [0, 0.1) is 0 Å². The molecule has 0 unspecified atom stereocenters. The minimum absolute atomic E-state index is 0.0353. The number of para-hydroxylation sites is 1. The predicted octanol–water partition coefficient (Wildman–Crippen LogP) is 4.02. The molecular formula is C20H20N2O2. The first-order chi connectivity index (χ1) is 11.8. The number of ether oxygens (including phenoxy) is 2. The van der Waals surface area contributed by atoms with Crippen molar-refractivity contribution in [3.05, 3.63) is 78.6 Å². The molecule has 1 atom stereocenters. The van der Waals surface area contributed by atoms with Crippen molar-refractivity contribution in [1.82, 2.24) is 4.57 Å². The molecule has 4 nitrogen and oxygen atoms in total. The molecule has 1 fully saturated rings. The molecule has 0 amide bonds. The molecule has 24 heavy (non-hydrogen) atoms. The van der Waals surface area contributed by atoms with Crippen LogP contribution in [0.1, 0.15) is 11.8 Å². The standard InChI is InChI=1S/C20H20N2O2/c1-23-19-9-7-17(8-10-19)21-12-11-16(15-21)20-22(13-14-24-20)18-5-3-2-4-6-18/h2-12,15,20H,13-14H2,1H3/t20-/m0/s1. The molecule has 1 aromatic heterocycles. The Hall–Kier alpha value is -2.72. The van der Waals surface area contributed by atoms with Gasteiger partial charge in [0.15, 0.2) is 6.23 Å². The van der Waals surface area contributed by atoms with Crippen molar-refractivity contribution < 1.29 is 9.47 Å². The topological polar surface area (TPSA) is 26.6 Å². The van der Waals surface area contributed by atoms with E-state index in [2.05, 4.69) is 52.2 Å².